The summed E-state index contributed by atoms with van der Waals surface area (Å²) in [4.78, 5) is 18.0. The second kappa shape index (κ2) is 4.53. The summed E-state index contributed by atoms with van der Waals surface area (Å²) in [6, 6.07) is 5.02. The highest BCUT2D eigenvalue weighted by Crippen LogP contribution is 2.35. The van der Waals surface area contributed by atoms with E-state index in [0.29, 0.717) is 11.3 Å². The lowest BCUT2D eigenvalue weighted by molar-refractivity contribution is -0.137. The van der Waals surface area contributed by atoms with Gasteiger partial charge >= 0.3 is 6.18 Å². The van der Waals surface area contributed by atoms with E-state index in [1.165, 1.54) is 18.2 Å². The Balaban J connectivity index is 2.70. The number of nitrogens with zero attached hydrogens (tertiary/aromatic N) is 1. The predicted octanol–water partition coefficient (Wildman–Crippen LogP) is 3.07. The molecule has 0 unspecified atom stereocenters. The number of nitrogens with one attached hydrogen (secondary N) is 1. The van der Waals surface area contributed by atoms with Gasteiger partial charge in [-0.25, -0.2) is 4.98 Å². The van der Waals surface area contributed by atoms with Crippen LogP contribution < -0.4 is 5.56 Å². The number of hydrogen-bond donors (Lipinski definition) is 1. The van der Waals surface area contributed by atoms with E-state index in [1.54, 1.807) is 13.8 Å². The Morgan fingerprint density at radius 1 is 1.16 bits per heavy atom. The number of aromatic amines is 1. The van der Waals surface area contributed by atoms with Crippen molar-refractivity contribution in [3.63, 3.8) is 0 Å². The van der Waals surface area contributed by atoms with Crippen LogP contribution in [0.25, 0.3) is 11.4 Å². The highest BCUT2D eigenvalue weighted by Gasteiger charge is 2.33. The van der Waals surface area contributed by atoms with Gasteiger partial charge in [0.05, 0.1) is 5.56 Å². The first-order valence-corrected chi connectivity index (χ1v) is 5.55. The molecule has 19 heavy (non-hydrogen) atoms. The number of aromatic nitrogens is 2. The largest absolute Gasteiger partial charge is 0.417 e. The van der Waals surface area contributed by atoms with Gasteiger partial charge in [-0.05, 0) is 19.9 Å². The van der Waals surface area contributed by atoms with Gasteiger partial charge in [-0.2, -0.15) is 13.2 Å². The number of aryl methyl sites for hydroxylation is 1. The van der Waals surface area contributed by atoms with Crippen molar-refractivity contribution in [1.82, 2.24) is 9.97 Å². The lowest BCUT2D eigenvalue weighted by atomic mass is 10.1. The molecule has 1 aromatic carbocycles. The van der Waals surface area contributed by atoms with Crippen LogP contribution in [0.4, 0.5) is 13.2 Å². The molecule has 0 bridgehead atoms. The lowest BCUT2D eigenvalue weighted by Gasteiger charge is -2.12. The Bertz CT molecular complexity index is 674. The second-order valence-electron chi connectivity index (χ2n) is 4.17. The molecule has 100 valence electrons. The molecule has 0 aliphatic rings. The van der Waals surface area contributed by atoms with Gasteiger partial charge in [-0.1, -0.05) is 18.2 Å². The molecule has 3 nitrogen and oxygen atoms in total. The summed E-state index contributed by atoms with van der Waals surface area (Å²) in [5.41, 5.74) is -0.569. The highest BCUT2D eigenvalue weighted by molar-refractivity contribution is 5.61. The molecule has 2 rings (SSSR count). The maximum Gasteiger partial charge on any atom is 0.417 e. The first-order chi connectivity index (χ1) is 8.80. The summed E-state index contributed by atoms with van der Waals surface area (Å²) in [5, 5.41) is 0. The normalized spacial score (nSPS) is 11.6. The van der Waals surface area contributed by atoms with Gasteiger partial charge in [-0.3, -0.25) is 4.79 Å². The molecule has 0 radical (unpaired) electrons. The zero-order chi connectivity index (χ0) is 14.2. The van der Waals surface area contributed by atoms with Crippen LogP contribution in [0.5, 0.6) is 0 Å². The average molecular weight is 268 g/mol. The average Bonchev–Trinajstić information content (AvgIpc) is 2.34. The minimum atomic E-state index is -4.49. The molecule has 0 saturated heterocycles. The van der Waals surface area contributed by atoms with E-state index in [2.05, 4.69) is 9.97 Å². The first-order valence-electron chi connectivity index (χ1n) is 5.55. The molecule has 1 aromatic heterocycles. The minimum Gasteiger partial charge on any atom is -0.306 e. The maximum absolute atomic E-state index is 12.9. The van der Waals surface area contributed by atoms with Crippen LogP contribution in [0.2, 0.25) is 0 Å². The van der Waals surface area contributed by atoms with E-state index in [0.717, 1.165) is 6.07 Å². The van der Waals surface area contributed by atoms with E-state index >= 15 is 0 Å². The molecular weight excluding hydrogens is 257 g/mol. The van der Waals surface area contributed by atoms with Crippen molar-refractivity contribution >= 4 is 0 Å². The molecule has 0 spiro atoms. The Hall–Kier alpha value is -2.11. The van der Waals surface area contributed by atoms with Gasteiger partial charge in [-0.15, -0.1) is 0 Å². The molecule has 0 amide bonds. The molecule has 0 saturated carbocycles. The highest BCUT2D eigenvalue weighted by atomic mass is 19.4. The fraction of sp³-hybridized carbons (Fsp3) is 0.231. The SMILES string of the molecule is Cc1nc(-c2ccccc2C(F)(F)F)[nH]c(=O)c1C. The van der Waals surface area contributed by atoms with Gasteiger partial charge in [0, 0.05) is 16.8 Å². The van der Waals surface area contributed by atoms with Crippen molar-refractivity contribution < 1.29 is 13.2 Å². The van der Waals surface area contributed by atoms with E-state index in [4.69, 9.17) is 0 Å². The summed E-state index contributed by atoms with van der Waals surface area (Å²) in [7, 11) is 0. The Morgan fingerprint density at radius 2 is 1.79 bits per heavy atom. The fourth-order valence-corrected chi connectivity index (χ4v) is 1.71. The van der Waals surface area contributed by atoms with Crippen molar-refractivity contribution in [2.75, 3.05) is 0 Å². The van der Waals surface area contributed by atoms with Crippen molar-refractivity contribution in [2.24, 2.45) is 0 Å². The van der Waals surface area contributed by atoms with Crippen LogP contribution in [0.15, 0.2) is 29.1 Å². The van der Waals surface area contributed by atoms with Gasteiger partial charge in [0.15, 0.2) is 0 Å². The van der Waals surface area contributed by atoms with Crippen LogP contribution in [-0.2, 0) is 6.18 Å². The molecule has 0 aliphatic carbocycles. The topological polar surface area (TPSA) is 45.8 Å². The van der Waals surface area contributed by atoms with Gasteiger partial charge in [0.25, 0.3) is 5.56 Å². The van der Waals surface area contributed by atoms with E-state index in [-0.39, 0.29) is 11.4 Å². The van der Waals surface area contributed by atoms with Gasteiger partial charge in [0.2, 0.25) is 0 Å². The third-order valence-corrected chi connectivity index (χ3v) is 2.88. The summed E-state index contributed by atoms with van der Waals surface area (Å²) in [6.07, 6.45) is -4.49. The molecule has 0 aliphatic heterocycles. The Labute approximate surface area is 107 Å². The summed E-state index contributed by atoms with van der Waals surface area (Å²) in [6.45, 7) is 3.16. The van der Waals surface area contributed by atoms with E-state index in [1.807, 2.05) is 0 Å². The zero-order valence-corrected chi connectivity index (χ0v) is 10.3. The number of alkyl halides is 3. The smallest absolute Gasteiger partial charge is 0.306 e. The molecule has 1 heterocycles. The number of benzene rings is 1. The van der Waals surface area contributed by atoms with Crippen LogP contribution in [0.3, 0.4) is 0 Å². The standard InChI is InChI=1S/C13H11F3N2O/c1-7-8(2)17-11(18-12(7)19)9-5-3-4-6-10(9)13(14,15)16/h3-6H,1-2H3,(H,17,18,19). The maximum atomic E-state index is 12.9. The molecule has 2 aromatic rings. The fourth-order valence-electron chi connectivity index (χ4n) is 1.71. The quantitative estimate of drug-likeness (QED) is 0.863. The Kier molecular flexibility index (Phi) is 3.18. The minimum absolute atomic E-state index is 0.0685. The van der Waals surface area contributed by atoms with Gasteiger partial charge < -0.3 is 4.98 Å². The zero-order valence-electron chi connectivity index (χ0n) is 10.3. The predicted molar refractivity (Wildman–Crippen MR) is 64.8 cm³/mol. The van der Waals surface area contributed by atoms with Crippen molar-refractivity contribution in [2.45, 2.75) is 20.0 Å². The van der Waals surface area contributed by atoms with Crippen molar-refractivity contribution in [1.29, 1.82) is 0 Å². The third-order valence-electron chi connectivity index (χ3n) is 2.88. The lowest BCUT2D eigenvalue weighted by Crippen LogP contribution is -2.16. The van der Waals surface area contributed by atoms with Crippen LogP contribution in [-0.4, -0.2) is 9.97 Å². The Morgan fingerprint density at radius 3 is 2.37 bits per heavy atom. The van der Waals surface area contributed by atoms with Gasteiger partial charge in [0.1, 0.15) is 5.82 Å². The summed E-state index contributed by atoms with van der Waals surface area (Å²) >= 11 is 0. The van der Waals surface area contributed by atoms with Crippen molar-refractivity contribution in [3.8, 4) is 11.4 Å². The number of hydrogen-bond acceptors (Lipinski definition) is 2. The monoisotopic (exact) mass is 268 g/mol. The van der Waals surface area contributed by atoms with Crippen LogP contribution >= 0.6 is 0 Å². The van der Waals surface area contributed by atoms with Crippen LogP contribution in [0.1, 0.15) is 16.8 Å². The molecule has 0 atom stereocenters. The van der Waals surface area contributed by atoms with Crippen LogP contribution in [0, 0.1) is 13.8 Å². The number of halogens is 3. The molecule has 6 heteroatoms. The first kappa shape index (κ1) is 13.3. The van der Waals surface area contributed by atoms with Crippen molar-refractivity contribution in [3.05, 3.63) is 51.4 Å². The summed E-state index contributed by atoms with van der Waals surface area (Å²) < 4.78 is 38.7. The molecule has 1 N–H and O–H groups in total. The van der Waals surface area contributed by atoms with E-state index < -0.39 is 17.3 Å². The summed E-state index contributed by atoms with van der Waals surface area (Å²) in [5.74, 6) is -0.0685. The molecular formula is C13H11F3N2O. The molecule has 0 fully saturated rings. The second-order valence-corrected chi connectivity index (χ2v) is 4.17. The van der Waals surface area contributed by atoms with E-state index in [9.17, 15) is 18.0 Å². The number of H-pyrrole nitrogens is 1. The third kappa shape index (κ3) is 2.52. The number of rotatable bonds is 1.